The maximum atomic E-state index is 3.56. The molecule has 0 aromatic rings. The number of nitrogens with one attached hydrogen (secondary N) is 1. The Kier molecular flexibility index (Phi) is 8.08. The third kappa shape index (κ3) is 8.93. The molecule has 0 atom stereocenters. The van der Waals surface area contributed by atoms with E-state index < -0.39 is 0 Å². The number of likely N-dealkylation sites (tertiary alicyclic amines) is 1. The molecule has 120 valence electrons. The lowest BCUT2D eigenvalue weighted by Gasteiger charge is -2.31. The molecule has 0 aliphatic carbocycles. The first-order valence-corrected chi connectivity index (χ1v) is 8.49. The second-order valence-corrected chi connectivity index (χ2v) is 7.75. The van der Waals surface area contributed by atoms with E-state index in [9.17, 15) is 0 Å². The minimum Gasteiger partial charge on any atom is -0.312 e. The summed E-state index contributed by atoms with van der Waals surface area (Å²) in [5, 5.41) is 3.56. The van der Waals surface area contributed by atoms with Crippen LogP contribution < -0.4 is 5.32 Å². The summed E-state index contributed by atoms with van der Waals surface area (Å²) in [5.41, 5.74) is 0.269. The number of rotatable bonds is 8. The zero-order valence-corrected chi connectivity index (χ0v) is 14.5. The molecule has 20 heavy (non-hydrogen) atoms. The van der Waals surface area contributed by atoms with Crippen molar-refractivity contribution >= 4 is 0 Å². The highest BCUT2D eigenvalue weighted by Crippen LogP contribution is 2.16. The van der Waals surface area contributed by atoms with Crippen molar-refractivity contribution in [3.63, 3.8) is 0 Å². The Balaban J connectivity index is 1.96. The van der Waals surface area contributed by atoms with Gasteiger partial charge in [-0.2, -0.15) is 0 Å². The second-order valence-electron chi connectivity index (χ2n) is 7.75. The molecule has 0 bridgehead atoms. The number of unbranched alkanes of at least 4 members (excludes halogenated alkanes) is 2. The van der Waals surface area contributed by atoms with Crippen molar-refractivity contribution < 1.29 is 0 Å². The molecule has 0 aromatic carbocycles. The monoisotopic (exact) mass is 283 g/mol. The number of hydrogen-bond donors (Lipinski definition) is 1. The van der Waals surface area contributed by atoms with E-state index in [1.165, 1.54) is 58.3 Å². The molecule has 1 saturated heterocycles. The summed E-state index contributed by atoms with van der Waals surface area (Å²) < 4.78 is 0. The average Bonchev–Trinajstić information content (AvgIpc) is 2.35. The Morgan fingerprint density at radius 2 is 1.75 bits per heavy atom. The number of hydrogen-bond acceptors (Lipinski definition) is 3. The minimum atomic E-state index is 0.269. The highest BCUT2D eigenvalue weighted by atomic mass is 15.1. The van der Waals surface area contributed by atoms with Crippen LogP contribution in [-0.2, 0) is 0 Å². The van der Waals surface area contributed by atoms with Gasteiger partial charge in [0, 0.05) is 12.1 Å². The Bertz CT molecular complexity index is 239. The van der Waals surface area contributed by atoms with Crippen LogP contribution in [0.3, 0.4) is 0 Å². The molecule has 0 saturated carbocycles. The molecule has 3 heteroatoms. The fourth-order valence-corrected chi connectivity index (χ4v) is 2.92. The first-order valence-electron chi connectivity index (χ1n) is 8.49. The molecule has 0 aromatic heterocycles. The van der Waals surface area contributed by atoms with Gasteiger partial charge < -0.3 is 15.1 Å². The van der Waals surface area contributed by atoms with Gasteiger partial charge in [-0.05, 0) is 92.6 Å². The van der Waals surface area contributed by atoms with Crippen LogP contribution in [0.4, 0.5) is 0 Å². The van der Waals surface area contributed by atoms with Crippen LogP contribution in [0.2, 0.25) is 0 Å². The zero-order chi connectivity index (χ0) is 15.0. The van der Waals surface area contributed by atoms with E-state index in [1.54, 1.807) is 0 Å². The molecule has 1 aliphatic heterocycles. The van der Waals surface area contributed by atoms with Crippen molar-refractivity contribution in [2.24, 2.45) is 5.92 Å². The van der Waals surface area contributed by atoms with Crippen LogP contribution in [-0.4, -0.2) is 62.2 Å². The molecular formula is C17H37N3. The van der Waals surface area contributed by atoms with Crippen molar-refractivity contribution in [3.8, 4) is 0 Å². The van der Waals surface area contributed by atoms with Crippen LogP contribution in [0, 0.1) is 5.92 Å². The van der Waals surface area contributed by atoms with Crippen molar-refractivity contribution in [2.45, 2.75) is 58.4 Å². The van der Waals surface area contributed by atoms with Crippen LogP contribution in [0.15, 0.2) is 0 Å². The summed E-state index contributed by atoms with van der Waals surface area (Å²) in [5.74, 6) is 0.929. The molecule has 0 radical (unpaired) electrons. The fraction of sp³-hybridized carbons (Fsp3) is 1.00. The van der Waals surface area contributed by atoms with Gasteiger partial charge in [0.15, 0.2) is 0 Å². The lowest BCUT2D eigenvalue weighted by Crippen LogP contribution is -2.36. The Morgan fingerprint density at radius 3 is 2.35 bits per heavy atom. The SMILES string of the molecule is CN1CCC(CN(C)CCCCCNC(C)(C)C)CC1. The molecule has 1 aliphatic rings. The van der Waals surface area contributed by atoms with Gasteiger partial charge >= 0.3 is 0 Å². The van der Waals surface area contributed by atoms with E-state index in [1.807, 2.05) is 0 Å². The summed E-state index contributed by atoms with van der Waals surface area (Å²) in [6.45, 7) is 13.0. The standard InChI is InChI=1S/C17H37N3/c1-17(2,3)18-11-7-6-8-12-20(5)15-16-9-13-19(4)14-10-16/h16,18H,6-15H2,1-5H3. The normalized spacial score (nSPS) is 18.9. The summed E-state index contributed by atoms with van der Waals surface area (Å²) in [6.07, 6.45) is 6.77. The molecule has 1 fully saturated rings. The van der Waals surface area contributed by atoms with Crippen LogP contribution in [0.25, 0.3) is 0 Å². The van der Waals surface area contributed by atoms with Crippen molar-refractivity contribution in [1.29, 1.82) is 0 Å². The van der Waals surface area contributed by atoms with Gasteiger partial charge in [-0.3, -0.25) is 0 Å². The van der Waals surface area contributed by atoms with Gasteiger partial charge in [0.1, 0.15) is 0 Å². The zero-order valence-electron chi connectivity index (χ0n) is 14.5. The van der Waals surface area contributed by atoms with Crippen molar-refractivity contribution in [3.05, 3.63) is 0 Å². The van der Waals surface area contributed by atoms with Gasteiger partial charge in [-0.15, -0.1) is 0 Å². The molecular weight excluding hydrogens is 246 g/mol. The van der Waals surface area contributed by atoms with Crippen LogP contribution in [0.1, 0.15) is 52.9 Å². The van der Waals surface area contributed by atoms with E-state index in [0.29, 0.717) is 0 Å². The average molecular weight is 284 g/mol. The van der Waals surface area contributed by atoms with Gasteiger partial charge in [0.25, 0.3) is 0 Å². The molecule has 0 amide bonds. The van der Waals surface area contributed by atoms with Crippen molar-refractivity contribution in [1.82, 2.24) is 15.1 Å². The van der Waals surface area contributed by atoms with E-state index in [2.05, 4.69) is 50.0 Å². The lowest BCUT2D eigenvalue weighted by atomic mass is 9.96. The topological polar surface area (TPSA) is 18.5 Å². The molecule has 0 unspecified atom stereocenters. The second kappa shape index (κ2) is 9.01. The lowest BCUT2D eigenvalue weighted by molar-refractivity contribution is 0.175. The van der Waals surface area contributed by atoms with Crippen LogP contribution >= 0.6 is 0 Å². The first kappa shape index (κ1) is 17.9. The van der Waals surface area contributed by atoms with Crippen molar-refractivity contribution in [2.75, 3.05) is 46.8 Å². The van der Waals surface area contributed by atoms with Gasteiger partial charge in [-0.1, -0.05) is 6.42 Å². The first-order chi connectivity index (χ1) is 9.37. The molecule has 1 heterocycles. The third-order valence-corrected chi connectivity index (χ3v) is 4.28. The number of nitrogens with zero attached hydrogens (tertiary/aromatic N) is 2. The summed E-state index contributed by atoms with van der Waals surface area (Å²) in [6, 6.07) is 0. The van der Waals surface area contributed by atoms with E-state index >= 15 is 0 Å². The number of piperidine rings is 1. The minimum absolute atomic E-state index is 0.269. The molecule has 3 nitrogen and oxygen atoms in total. The summed E-state index contributed by atoms with van der Waals surface area (Å²) >= 11 is 0. The van der Waals surface area contributed by atoms with Crippen LogP contribution in [0.5, 0.6) is 0 Å². The Morgan fingerprint density at radius 1 is 1.10 bits per heavy atom. The summed E-state index contributed by atoms with van der Waals surface area (Å²) in [7, 11) is 4.54. The third-order valence-electron chi connectivity index (χ3n) is 4.28. The Labute approximate surface area is 127 Å². The van der Waals surface area contributed by atoms with E-state index in [4.69, 9.17) is 0 Å². The Hall–Kier alpha value is -0.120. The quantitative estimate of drug-likeness (QED) is 0.691. The van der Waals surface area contributed by atoms with E-state index in [0.717, 1.165) is 12.5 Å². The largest absolute Gasteiger partial charge is 0.312 e. The maximum absolute atomic E-state index is 3.56. The smallest absolute Gasteiger partial charge is 0.00965 e. The maximum Gasteiger partial charge on any atom is 0.00965 e. The molecule has 1 N–H and O–H groups in total. The predicted octanol–water partition coefficient (Wildman–Crippen LogP) is 2.82. The summed E-state index contributed by atoms with van der Waals surface area (Å²) in [4.78, 5) is 5.01. The fourth-order valence-electron chi connectivity index (χ4n) is 2.92. The van der Waals surface area contributed by atoms with E-state index in [-0.39, 0.29) is 5.54 Å². The van der Waals surface area contributed by atoms with Gasteiger partial charge in [0.2, 0.25) is 0 Å². The highest BCUT2D eigenvalue weighted by Gasteiger charge is 2.17. The molecule has 1 rings (SSSR count). The molecule has 0 spiro atoms. The predicted molar refractivity (Wildman–Crippen MR) is 89.3 cm³/mol. The van der Waals surface area contributed by atoms with Gasteiger partial charge in [0.05, 0.1) is 0 Å². The highest BCUT2D eigenvalue weighted by molar-refractivity contribution is 4.73. The van der Waals surface area contributed by atoms with Gasteiger partial charge in [-0.25, -0.2) is 0 Å².